The average molecular weight is 178 g/mol. The van der Waals surface area contributed by atoms with Crippen LogP contribution >= 0.6 is 0 Å². The minimum Gasteiger partial charge on any atom is -0.310 e. The standard InChI is InChI=1S/C11H18N2/c1-8(9-5-6-9)13-11-4-2-3-10(11)7-12/h8-11,13H,2-6H2,1H3. The zero-order valence-electron chi connectivity index (χ0n) is 8.29. The van der Waals surface area contributed by atoms with Crippen LogP contribution in [0.2, 0.25) is 0 Å². The molecule has 0 bridgehead atoms. The summed E-state index contributed by atoms with van der Waals surface area (Å²) in [6.07, 6.45) is 6.31. The number of hydrogen-bond acceptors (Lipinski definition) is 2. The number of nitrogens with zero attached hydrogens (tertiary/aromatic N) is 1. The maximum Gasteiger partial charge on any atom is 0.0672 e. The predicted octanol–water partition coefficient (Wildman–Crippen LogP) is 2.07. The Morgan fingerprint density at radius 3 is 2.69 bits per heavy atom. The first-order chi connectivity index (χ1) is 6.31. The largest absolute Gasteiger partial charge is 0.310 e. The highest BCUT2D eigenvalue weighted by atomic mass is 15.0. The normalized spacial score (nSPS) is 35.7. The van der Waals surface area contributed by atoms with Gasteiger partial charge in [-0.25, -0.2) is 0 Å². The molecule has 72 valence electrons. The van der Waals surface area contributed by atoms with Crippen molar-refractivity contribution in [1.29, 1.82) is 5.26 Å². The van der Waals surface area contributed by atoms with Crippen LogP contribution in [0.4, 0.5) is 0 Å². The highest BCUT2D eigenvalue weighted by Gasteiger charge is 2.33. The Morgan fingerprint density at radius 2 is 2.08 bits per heavy atom. The van der Waals surface area contributed by atoms with Crippen LogP contribution in [0.3, 0.4) is 0 Å². The van der Waals surface area contributed by atoms with Crippen LogP contribution in [0.15, 0.2) is 0 Å². The molecule has 0 amide bonds. The van der Waals surface area contributed by atoms with Gasteiger partial charge in [0.25, 0.3) is 0 Å². The zero-order chi connectivity index (χ0) is 9.26. The molecule has 2 aliphatic rings. The van der Waals surface area contributed by atoms with Crippen LogP contribution in [0.5, 0.6) is 0 Å². The lowest BCUT2D eigenvalue weighted by atomic mass is 10.0. The molecule has 3 unspecified atom stereocenters. The third-order valence-corrected chi connectivity index (χ3v) is 3.49. The van der Waals surface area contributed by atoms with E-state index in [0.29, 0.717) is 12.1 Å². The summed E-state index contributed by atoms with van der Waals surface area (Å²) < 4.78 is 0. The summed E-state index contributed by atoms with van der Waals surface area (Å²) in [5.41, 5.74) is 0. The average Bonchev–Trinajstić information content (AvgIpc) is 2.88. The molecule has 0 aliphatic heterocycles. The first-order valence-electron chi connectivity index (χ1n) is 5.47. The molecule has 2 fully saturated rings. The predicted molar refractivity (Wildman–Crippen MR) is 52.1 cm³/mol. The first kappa shape index (κ1) is 9.02. The quantitative estimate of drug-likeness (QED) is 0.718. The number of rotatable bonds is 3. The molecule has 2 aliphatic carbocycles. The van der Waals surface area contributed by atoms with Crippen molar-refractivity contribution >= 4 is 0 Å². The molecule has 0 heterocycles. The Kier molecular flexibility index (Phi) is 2.55. The van der Waals surface area contributed by atoms with E-state index in [9.17, 15) is 0 Å². The number of nitriles is 1. The molecule has 1 N–H and O–H groups in total. The Bertz CT molecular complexity index is 215. The molecule has 0 spiro atoms. The number of hydrogen-bond donors (Lipinski definition) is 1. The molecule has 2 rings (SSSR count). The van der Waals surface area contributed by atoms with Crippen LogP contribution in [-0.4, -0.2) is 12.1 Å². The van der Waals surface area contributed by atoms with Crippen molar-refractivity contribution < 1.29 is 0 Å². The van der Waals surface area contributed by atoms with Crippen molar-refractivity contribution in [3.8, 4) is 6.07 Å². The molecule has 13 heavy (non-hydrogen) atoms. The smallest absolute Gasteiger partial charge is 0.0672 e. The summed E-state index contributed by atoms with van der Waals surface area (Å²) in [7, 11) is 0. The van der Waals surface area contributed by atoms with Gasteiger partial charge in [-0.15, -0.1) is 0 Å². The van der Waals surface area contributed by atoms with Gasteiger partial charge in [0.15, 0.2) is 0 Å². The molecule has 2 heteroatoms. The second-order valence-corrected chi connectivity index (χ2v) is 4.57. The van der Waals surface area contributed by atoms with Crippen molar-refractivity contribution in [3.05, 3.63) is 0 Å². The van der Waals surface area contributed by atoms with Crippen molar-refractivity contribution in [1.82, 2.24) is 5.32 Å². The maximum atomic E-state index is 8.91. The molecule has 0 aromatic rings. The number of nitrogens with one attached hydrogen (secondary N) is 1. The van der Waals surface area contributed by atoms with E-state index in [4.69, 9.17) is 5.26 Å². The monoisotopic (exact) mass is 178 g/mol. The third kappa shape index (κ3) is 2.03. The Labute approximate surface area is 80.3 Å². The second kappa shape index (κ2) is 3.67. The summed E-state index contributed by atoms with van der Waals surface area (Å²) in [5.74, 6) is 1.18. The molecule has 0 aromatic carbocycles. The summed E-state index contributed by atoms with van der Waals surface area (Å²) >= 11 is 0. The van der Waals surface area contributed by atoms with Crippen LogP contribution in [0.25, 0.3) is 0 Å². The minimum atomic E-state index is 0.279. The Morgan fingerprint density at radius 1 is 1.31 bits per heavy atom. The van der Waals surface area contributed by atoms with Gasteiger partial charge in [0.1, 0.15) is 0 Å². The van der Waals surface area contributed by atoms with Gasteiger partial charge in [-0.2, -0.15) is 5.26 Å². The molecular formula is C11H18N2. The molecule has 0 aromatic heterocycles. The van der Waals surface area contributed by atoms with Gasteiger partial charge in [0.05, 0.1) is 12.0 Å². The van der Waals surface area contributed by atoms with Crippen molar-refractivity contribution in [3.63, 3.8) is 0 Å². The molecule has 0 radical (unpaired) electrons. The maximum absolute atomic E-state index is 8.91. The van der Waals surface area contributed by atoms with Crippen molar-refractivity contribution in [2.24, 2.45) is 11.8 Å². The Hall–Kier alpha value is -0.550. The fraction of sp³-hybridized carbons (Fsp3) is 0.909. The van der Waals surface area contributed by atoms with E-state index in [0.717, 1.165) is 12.3 Å². The topological polar surface area (TPSA) is 35.8 Å². The highest BCUT2D eigenvalue weighted by molar-refractivity contribution is 4.98. The fourth-order valence-corrected chi connectivity index (χ4v) is 2.38. The Balaban J connectivity index is 1.82. The zero-order valence-corrected chi connectivity index (χ0v) is 8.29. The van der Waals surface area contributed by atoms with E-state index in [-0.39, 0.29) is 5.92 Å². The molecule has 0 saturated heterocycles. The summed E-state index contributed by atoms with van der Waals surface area (Å²) in [6.45, 7) is 2.27. The molecule has 2 nitrogen and oxygen atoms in total. The SMILES string of the molecule is CC(NC1CCCC1C#N)C1CC1. The van der Waals surface area contributed by atoms with Gasteiger partial charge in [-0.05, 0) is 38.5 Å². The second-order valence-electron chi connectivity index (χ2n) is 4.57. The van der Waals surface area contributed by atoms with E-state index >= 15 is 0 Å². The van der Waals surface area contributed by atoms with E-state index in [1.54, 1.807) is 0 Å². The molecular weight excluding hydrogens is 160 g/mol. The lowest BCUT2D eigenvalue weighted by Crippen LogP contribution is -2.39. The lowest BCUT2D eigenvalue weighted by Gasteiger charge is -2.21. The first-order valence-corrected chi connectivity index (χ1v) is 5.47. The van der Waals surface area contributed by atoms with Gasteiger partial charge in [0, 0.05) is 12.1 Å². The lowest BCUT2D eigenvalue weighted by molar-refractivity contribution is 0.386. The van der Waals surface area contributed by atoms with Crippen LogP contribution in [0, 0.1) is 23.2 Å². The summed E-state index contributed by atoms with van der Waals surface area (Å²) in [4.78, 5) is 0. The minimum absolute atomic E-state index is 0.279. The van der Waals surface area contributed by atoms with Gasteiger partial charge in [-0.3, -0.25) is 0 Å². The van der Waals surface area contributed by atoms with E-state index in [2.05, 4.69) is 18.3 Å². The van der Waals surface area contributed by atoms with Gasteiger partial charge in [0.2, 0.25) is 0 Å². The summed E-state index contributed by atoms with van der Waals surface area (Å²) in [6, 6.07) is 3.54. The fourth-order valence-electron chi connectivity index (χ4n) is 2.38. The van der Waals surface area contributed by atoms with Crippen molar-refractivity contribution in [2.75, 3.05) is 0 Å². The van der Waals surface area contributed by atoms with Gasteiger partial charge < -0.3 is 5.32 Å². The van der Waals surface area contributed by atoms with E-state index in [1.165, 1.54) is 25.7 Å². The molecule has 3 atom stereocenters. The van der Waals surface area contributed by atoms with Crippen molar-refractivity contribution in [2.45, 2.75) is 51.1 Å². The van der Waals surface area contributed by atoms with E-state index in [1.807, 2.05) is 0 Å². The van der Waals surface area contributed by atoms with Gasteiger partial charge in [-0.1, -0.05) is 6.42 Å². The van der Waals surface area contributed by atoms with Gasteiger partial charge >= 0.3 is 0 Å². The van der Waals surface area contributed by atoms with Crippen LogP contribution in [0.1, 0.15) is 39.0 Å². The summed E-state index contributed by atoms with van der Waals surface area (Å²) in [5, 5.41) is 12.5. The molecule has 2 saturated carbocycles. The van der Waals surface area contributed by atoms with Crippen LogP contribution < -0.4 is 5.32 Å². The third-order valence-electron chi connectivity index (χ3n) is 3.49. The van der Waals surface area contributed by atoms with E-state index < -0.39 is 0 Å². The highest BCUT2D eigenvalue weighted by Crippen LogP contribution is 2.34. The van der Waals surface area contributed by atoms with Crippen LogP contribution in [-0.2, 0) is 0 Å².